The van der Waals surface area contributed by atoms with Crippen LogP contribution in [-0.4, -0.2) is 41.5 Å². The molecule has 0 saturated heterocycles. The Labute approximate surface area is 122 Å². The number of amides is 1. The van der Waals surface area contributed by atoms with E-state index in [1.54, 1.807) is 17.0 Å². The summed E-state index contributed by atoms with van der Waals surface area (Å²) in [5.74, 6) is -0.612. The van der Waals surface area contributed by atoms with Gasteiger partial charge < -0.3 is 9.64 Å². The van der Waals surface area contributed by atoms with E-state index >= 15 is 0 Å². The van der Waals surface area contributed by atoms with Crippen molar-refractivity contribution in [1.29, 1.82) is 0 Å². The molecule has 0 aromatic carbocycles. The van der Waals surface area contributed by atoms with Crippen LogP contribution < -0.4 is 0 Å². The lowest BCUT2D eigenvalue weighted by Gasteiger charge is -2.27. The largest absolute Gasteiger partial charge is 0.468 e. The Morgan fingerprint density at radius 1 is 1.40 bits per heavy atom. The zero-order chi connectivity index (χ0) is 14.5. The van der Waals surface area contributed by atoms with Crippen LogP contribution in [0.4, 0.5) is 0 Å². The molecule has 1 aliphatic carbocycles. The van der Waals surface area contributed by atoms with E-state index in [0.29, 0.717) is 10.7 Å². The van der Waals surface area contributed by atoms with E-state index < -0.39 is 5.97 Å². The van der Waals surface area contributed by atoms with Crippen molar-refractivity contribution < 1.29 is 14.3 Å². The second-order valence-corrected chi connectivity index (χ2v) is 5.20. The zero-order valence-electron chi connectivity index (χ0n) is 11.3. The van der Waals surface area contributed by atoms with Crippen molar-refractivity contribution in [2.75, 3.05) is 13.7 Å². The number of carbonyl (C=O) groups excluding carboxylic acids is 2. The van der Waals surface area contributed by atoms with E-state index in [4.69, 9.17) is 11.6 Å². The lowest BCUT2D eigenvalue weighted by atomic mass is 10.1. The first-order valence-electron chi connectivity index (χ1n) is 6.61. The topological polar surface area (TPSA) is 59.5 Å². The molecule has 0 radical (unpaired) electrons. The Morgan fingerprint density at radius 3 is 2.65 bits per heavy atom. The number of esters is 1. The molecule has 1 aromatic rings. The molecule has 1 aliphatic rings. The van der Waals surface area contributed by atoms with E-state index in [1.807, 2.05) is 0 Å². The van der Waals surface area contributed by atoms with Gasteiger partial charge in [0.2, 0.25) is 0 Å². The van der Waals surface area contributed by atoms with Gasteiger partial charge in [0, 0.05) is 12.2 Å². The van der Waals surface area contributed by atoms with E-state index in [0.717, 1.165) is 25.7 Å². The first-order chi connectivity index (χ1) is 9.61. The highest BCUT2D eigenvalue weighted by Gasteiger charge is 2.29. The Kier molecular flexibility index (Phi) is 4.95. The average Bonchev–Trinajstić information content (AvgIpc) is 2.98. The highest BCUT2D eigenvalue weighted by atomic mass is 35.5. The maximum Gasteiger partial charge on any atom is 0.325 e. The summed E-state index contributed by atoms with van der Waals surface area (Å²) in [4.78, 5) is 29.5. The van der Waals surface area contributed by atoms with Crippen molar-refractivity contribution in [2.24, 2.45) is 0 Å². The number of halogens is 1. The highest BCUT2D eigenvalue weighted by Crippen LogP contribution is 2.25. The number of rotatable bonds is 4. The minimum Gasteiger partial charge on any atom is -0.468 e. The van der Waals surface area contributed by atoms with Gasteiger partial charge in [-0.3, -0.25) is 9.59 Å². The molecule has 108 valence electrons. The van der Waals surface area contributed by atoms with Crippen LogP contribution in [0, 0.1) is 0 Å². The summed E-state index contributed by atoms with van der Waals surface area (Å²) in [6.45, 7) is -0.0252. The van der Waals surface area contributed by atoms with Gasteiger partial charge in [-0.1, -0.05) is 24.4 Å². The van der Waals surface area contributed by atoms with Crippen molar-refractivity contribution >= 4 is 23.5 Å². The Bertz CT molecular complexity index is 484. The maximum atomic E-state index is 12.5. The van der Waals surface area contributed by atoms with Crippen molar-refractivity contribution in [3.05, 3.63) is 29.0 Å². The van der Waals surface area contributed by atoms with Crippen molar-refractivity contribution in [2.45, 2.75) is 31.7 Å². The third kappa shape index (κ3) is 3.48. The molecule has 1 heterocycles. The molecule has 0 bridgehead atoms. The summed E-state index contributed by atoms with van der Waals surface area (Å²) < 4.78 is 4.68. The van der Waals surface area contributed by atoms with E-state index in [1.165, 1.54) is 13.3 Å². The first-order valence-corrected chi connectivity index (χ1v) is 6.99. The van der Waals surface area contributed by atoms with Crippen LogP contribution in [0.1, 0.15) is 36.0 Å². The molecular formula is C14H17ClN2O3. The van der Waals surface area contributed by atoms with Gasteiger partial charge in [-0.2, -0.15) is 0 Å². The van der Waals surface area contributed by atoms with Crippen LogP contribution in [0.3, 0.4) is 0 Å². The molecule has 1 saturated carbocycles. The summed E-state index contributed by atoms with van der Waals surface area (Å²) in [5.41, 5.74) is 0.435. The van der Waals surface area contributed by atoms with Crippen LogP contribution in [0.2, 0.25) is 5.15 Å². The van der Waals surface area contributed by atoms with Gasteiger partial charge in [0.25, 0.3) is 5.91 Å². The number of ether oxygens (including phenoxy) is 1. The van der Waals surface area contributed by atoms with Gasteiger partial charge in [0.1, 0.15) is 11.7 Å². The predicted molar refractivity (Wildman–Crippen MR) is 74.6 cm³/mol. The number of carbonyl (C=O) groups is 2. The van der Waals surface area contributed by atoms with E-state index in [-0.39, 0.29) is 18.5 Å². The van der Waals surface area contributed by atoms with Crippen molar-refractivity contribution in [1.82, 2.24) is 9.88 Å². The second kappa shape index (κ2) is 6.70. The Morgan fingerprint density at radius 2 is 2.10 bits per heavy atom. The predicted octanol–water partition coefficient (Wildman–Crippen LogP) is 2.29. The average molecular weight is 297 g/mol. The molecule has 0 N–H and O–H groups in total. The Balaban J connectivity index is 2.18. The minimum absolute atomic E-state index is 0.0252. The molecule has 0 spiro atoms. The smallest absolute Gasteiger partial charge is 0.325 e. The van der Waals surface area contributed by atoms with Crippen molar-refractivity contribution in [3.8, 4) is 0 Å². The van der Waals surface area contributed by atoms with Crippen LogP contribution in [0.5, 0.6) is 0 Å². The molecule has 2 rings (SSSR count). The number of methoxy groups -OCH3 is 1. The van der Waals surface area contributed by atoms with Gasteiger partial charge in [0.15, 0.2) is 0 Å². The van der Waals surface area contributed by atoms with Gasteiger partial charge in [-0.15, -0.1) is 0 Å². The first kappa shape index (κ1) is 14.8. The monoisotopic (exact) mass is 296 g/mol. The molecule has 1 amide bonds. The number of nitrogens with zero attached hydrogens (tertiary/aromatic N) is 2. The fourth-order valence-corrected chi connectivity index (χ4v) is 2.57. The quantitative estimate of drug-likeness (QED) is 0.632. The fourth-order valence-electron chi connectivity index (χ4n) is 2.45. The molecule has 0 atom stereocenters. The number of pyridine rings is 1. The third-order valence-corrected chi connectivity index (χ3v) is 3.75. The molecule has 0 aliphatic heterocycles. The molecule has 20 heavy (non-hydrogen) atoms. The highest BCUT2D eigenvalue weighted by molar-refractivity contribution is 6.29. The Hall–Kier alpha value is -1.62. The van der Waals surface area contributed by atoms with E-state index in [9.17, 15) is 9.59 Å². The van der Waals surface area contributed by atoms with Gasteiger partial charge in [-0.05, 0) is 25.0 Å². The zero-order valence-corrected chi connectivity index (χ0v) is 12.1. The van der Waals surface area contributed by atoms with Crippen LogP contribution in [-0.2, 0) is 9.53 Å². The summed E-state index contributed by atoms with van der Waals surface area (Å²) in [6, 6.07) is 3.29. The number of hydrogen-bond acceptors (Lipinski definition) is 4. The van der Waals surface area contributed by atoms with Gasteiger partial charge in [0.05, 0.1) is 12.7 Å². The van der Waals surface area contributed by atoms with Gasteiger partial charge in [-0.25, -0.2) is 4.98 Å². The van der Waals surface area contributed by atoms with Crippen LogP contribution in [0.25, 0.3) is 0 Å². The summed E-state index contributed by atoms with van der Waals surface area (Å²) in [7, 11) is 1.32. The minimum atomic E-state index is -0.410. The SMILES string of the molecule is COC(=O)CN(C(=O)c1ccc(Cl)nc1)C1CCCC1. The number of hydrogen-bond donors (Lipinski definition) is 0. The number of aromatic nitrogens is 1. The van der Waals surface area contributed by atoms with Gasteiger partial charge >= 0.3 is 5.97 Å². The lowest BCUT2D eigenvalue weighted by Crippen LogP contribution is -2.42. The second-order valence-electron chi connectivity index (χ2n) is 4.82. The molecule has 1 aromatic heterocycles. The summed E-state index contributed by atoms with van der Waals surface area (Å²) >= 11 is 5.72. The summed E-state index contributed by atoms with van der Waals surface area (Å²) in [5, 5.41) is 0.335. The third-order valence-electron chi connectivity index (χ3n) is 3.53. The normalized spacial score (nSPS) is 15.1. The molecule has 6 heteroatoms. The molecule has 0 unspecified atom stereocenters. The summed E-state index contributed by atoms with van der Waals surface area (Å²) in [6.07, 6.45) is 5.43. The van der Waals surface area contributed by atoms with Crippen molar-refractivity contribution in [3.63, 3.8) is 0 Å². The lowest BCUT2D eigenvalue weighted by molar-refractivity contribution is -0.141. The van der Waals surface area contributed by atoms with Crippen LogP contribution >= 0.6 is 11.6 Å². The molecular weight excluding hydrogens is 280 g/mol. The molecule has 5 nitrogen and oxygen atoms in total. The van der Waals surface area contributed by atoms with E-state index in [2.05, 4.69) is 9.72 Å². The molecule has 1 fully saturated rings. The standard InChI is InChI=1S/C14H17ClN2O3/c1-20-13(18)9-17(11-4-2-3-5-11)14(19)10-6-7-12(15)16-8-10/h6-8,11H,2-5,9H2,1H3. The maximum absolute atomic E-state index is 12.5. The van der Waals surface area contributed by atoms with Crippen LogP contribution in [0.15, 0.2) is 18.3 Å². The fraction of sp³-hybridized carbons (Fsp3) is 0.500.